The molecule has 0 spiro atoms. The van der Waals surface area contributed by atoms with Crippen LogP contribution >= 0.6 is 0 Å². The Balaban J connectivity index is 1.54. The highest BCUT2D eigenvalue weighted by Gasteiger charge is 2.20. The Morgan fingerprint density at radius 1 is 1.09 bits per heavy atom. The predicted molar refractivity (Wildman–Crippen MR) is 133 cm³/mol. The van der Waals surface area contributed by atoms with Gasteiger partial charge in [-0.2, -0.15) is 0 Å². The quantitative estimate of drug-likeness (QED) is 0.344. The van der Waals surface area contributed by atoms with Crippen molar-refractivity contribution in [2.24, 2.45) is 0 Å². The van der Waals surface area contributed by atoms with E-state index < -0.39 is 5.60 Å². The standard InChI is InChI=1S/C27H28N4O2/c1-17-13-20(7-8-21(17)25(32)15-27(2,3)33)24-11-9-22(28)26(31-24)30-16-18-6-10-23-19(14-18)5-4-12-29-23/h4-14,33H,15-16,28H2,1-3H3,(H,30,31). The molecule has 0 fully saturated rings. The Morgan fingerprint density at radius 3 is 2.67 bits per heavy atom. The molecule has 4 rings (SSSR count). The molecule has 0 aliphatic heterocycles. The minimum absolute atomic E-state index is 0.0756. The summed E-state index contributed by atoms with van der Waals surface area (Å²) < 4.78 is 0. The third-order valence-electron chi connectivity index (χ3n) is 5.47. The maximum absolute atomic E-state index is 12.5. The highest BCUT2D eigenvalue weighted by molar-refractivity contribution is 5.98. The first-order chi connectivity index (χ1) is 15.7. The molecule has 2 heterocycles. The summed E-state index contributed by atoms with van der Waals surface area (Å²) in [7, 11) is 0. The average molecular weight is 441 g/mol. The zero-order valence-corrected chi connectivity index (χ0v) is 19.1. The first-order valence-corrected chi connectivity index (χ1v) is 10.9. The normalized spacial score (nSPS) is 11.5. The van der Waals surface area contributed by atoms with E-state index in [9.17, 15) is 9.90 Å². The number of aryl methyl sites for hydroxylation is 1. The van der Waals surface area contributed by atoms with E-state index in [4.69, 9.17) is 10.7 Å². The first kappa shape index (κ1) is 22.4. The summed E-state index contributed by atoms with van der Waals surface area (Å²) in [6.45, 7) is 5.74. The zero-order valence-electron chi connectivity index (χ0n) is 19.1. The van der Waals surface area contributed by atoms with Gasteiger partial charge in [0.05, 0.1) is 22.5 Å². The number of fused-ring (bicyclic) bond motifs is 1. The van der Waals surface area contributed by atoms with Crippen LogP contribution in [0.25, 0.3) is 22.2 Å². The molecule has 6 heteroatoms. The van der Waals surface area contributed by atoms with Gasteiger partial charge in [-0.1, -0.05) is 24.3 Å². The highest BCUT2D eigenvalue weighted by Crippen LogP contribution is 2.27. The molecule has 2 aromatic heterocycles. The number of nitrogens with one attached hydrogen (secondary N) is 1. The van der Waals surface area contributed by atoms with E-state index in [0.717, 1.165) is 33.3 Å². The topological polar surface area (TPSA) is 101 Å². The van der Waals surface area contributed by atoms with Gasteiger partial charge in [-0.15, -0.1) is 0 Å². The summed E-state index contributed by atoms with van der Waals surface area (Å²) in [5.41, 5.74) is 10.9. The molecule has 4 N–H and O–H groups in total. The molecule has 168 valence electrons. The number of benzene rings is 2. The lowest BCUT2D eigenvalue weighted by Crippen LogP contribution is -2.23. The lowest BCUT2D eigenvalue weighted by atomic mass is 9.93. The number of carbonyl (C=O) groups is 1. The molecule has 0 atom stereocenters. The second-order valence-corrected chi connectivity index (χ2v) is 8.96. The van der Waals surface area contributed by atoms with Gasteiger partial charge in [-0.25, -0.2) is 4.98 Å². The van der Waals surface area contributed by atoms with E-state index in [1.807, 2.05) is 55.5 Å². The largest absolute Gasteiger partial charge is 0.396 e. The Kier molecular flexibility index (Phi) is 6.11. The Hall–Kier alpha value is -3.77. The van der Waals surface area contributed by atoms with Gasteiger partial charge in [0.2, 0.25) is 0 Å². The lowest BCUT2D eigenvalue weighted by molar-refractivity contribution is 0.0587. The number of nitrogens with two attached hydrogens (primary N) is 1. The minimum atomic E-state index is -1.04. The van der Waals surface area contributed by atoms with Gasteiger partial charge in [0.1, 0.15) is 5.82 Å². The molecular formula is C27H28N4O2. The molecule has 0 aliphatic carbocycles. The van der Waals surface area contributed by atoms with Crippen molar-refractivity contribution < 1.29 is 9.90 Å². The van der Waals surface area contributed by atoms with Crippen molar-refractivity contribution >= 4 is 28.2 Å². The number of nitrogen functional groups attached to an aromatic ring is 1. The van der Waals surface area contributed by atoms with Gasteiger partial charge in [0, 0.05) is 35.7 Å². The molecule has 0 bridgehead atoms. The van der Waals surface area contributed by atoms with Crippen molar-refractivity contribution in [1.29, 1.82) is 0 Å². The van der Waals surface area contributed by atoms with E-state index in [0.29, 0.717) is 23.6 Å². The Bertz CT molecular complexity index is 1330. The van der Waals surface area contributed by atoms with Crippen molar-refractivity contribution in [3.8, 4) is 11.3 Å². The van der Waals surface area contributed by atoms with E-state index in [-0.39, 0.29) is 12.2 Å². The molecule has 0 saturated heterocycles. The summed E-state index contributed by atoms with van der Waals surface area (Å²) in [6, 6.07) is 19.4. The molecule has 4 aromatic rings. The van der Waals surface area contributed by atoms with Crippen LogP contribution in [0.2, 0.25) is 0 Å². The van der Waals surface area contributed by atoms with E-state index in [1.165, 1.54) is 0 Å². The van der Waals surface area contributed by atoms with Crippen LogP contribution in [0.3, 0.4) is 0 Å². The molecule has 0 aliphatic rings. The van der Waals surface area contributed by atoms with E-state index in [1.54, 1.807) is 26.1 Å². The predicted octanol–water partition coefficient (Wildman–Crippen LogP) is 5.14. The summed E-state index contributed by atoms with van der Waals surface area (Å²) >= 11 is 0. The number of nitrogens with zero attached hydrogens (tertiary/aromatic N) is 2. The molecule has 33 heavy (non-hydrogen) atoms. The summed E-state index contributed by atoms with van der Waals surface area (Å²) in [5, 5.41) is 14.4. The van der Waals surface area contributed by atoms with Gasteiger partial charge in [-0.05, 0) is 68.3 Å². The number of anilines is 2. The van der Waals surface area contributed by atoms with Gasteiger partial charge in [0.15, 0.2) is 5.78 Å². The van der Waals surface area contributed by atoms with Crippen LogP contribution in [0.4, 0.5) is 11.5 Å². The first-order valence-electron chi connectivity index (χ1n) is 10.9. The van der Waals surface area contributed by atoms with Crippen molar-refractivity contribution in [3.63, 3.8) is 0 Å². The van der Waals surface area contributed by atoms with Crippen LogP contribution in [-0.2, 0) is 6.54 Å². The molecule has 0 amide bonds. The van der Waals surface area contributed by atoms with E-state index in [2.05, 4.69) is 16.4 Å². The number of ketones is 1. The fourth-order valence-corrected chi connectivity index (χ4v) is 3.82. The molecule has 0 unspecified atom stereocenters. The van der Waals surface area contributed by atoms with Gasteiger partial charge < -0.3 is 16.2 Å². The van der Waals surface area contributed by atoms with Crippen LogP contribution in [-0.4, -0.2) is 26.5 Å². The van der Waals surface area contributed by atoms with Gasteiger partial charge in [-0.3, -0.25) is 9.78 Å². The SMILES string of the molecule is Cc1cc(-c2ccc(N)c(NCc3ccc4ncccc4c3)n2)ccc1C(=O)CC(C)(C)O. The zero-order chi connectivity index (χ0) is 23.6. The second kappa shape index (κ2) is 9.00. The number of hydrogen-bond acceptors (Lipinski definition) is 6. The van der Waals surface area contributed by atoms with Crippen LogP contribution in [0.1, 0.15) is 41.8 Å². The number of Topliss-reactive ketones (excluding diaryl/α,β-unsaturated/α-hetero) is 1. The third-order valence-corrected chi connectivity index (χ3v) is 5.47. The highest BCUT2D eigenvalue weighted by atomic mass is 16.3. The van der Waals surface area contributed by atoms with Gasteiger partial charge in [0.25, 0.3) is 0 Å². The number of aliphatic hydroxyl groups is 1. The molecule has 2 aromatic carbocycles. The second-order valence-electron chi connectivity index (χ2n) is 8.96. The minimum Gasteiger partial charge on any atom is -0.396 e. The number of carbonyl (C=O) groups excluding carboxylic acids is 1. The summed E-state index contributed by atoms with van der Waals surface area (Å²) in [5.74, 6) is 0.531. The van der Waals surface area contributed by atoms with Crippen molar-refractivity contribution in [2.45, 2.75) is 39.3 Å². The van der Waals surface area contributed by atoms with Crippen molar-refractivity contribution in [3.05, 3.63) is 83.6 Å². The monoisotopic (exact) mass is 440 g/mol. The van der Waals surface area contributed by atoms with Crippen LogP contribution < -0.4 is 11.1 Å². The smallest absolute Gasteiger partial charge is 0.165 e. The third kappa shape index (κ3) is 5.35. The number of rotatable bonds is 7. The van der Waals surface area contributed by atoms with Crippen molar-refractivity contribution in [1.82, 2.24) is 9.97 Å². The van der Waals surface area contributed by atoms with Gasteiger partial charge >= 0.3 is 0 Å². The molecule has 6 nitrogen and oxygen atoms in total. The summed E-state index contributed by atoms with van der Waals surface area (Å²) in [6.07, 6.45) is 1.86. The summed E-state index contributed by atoms with van der Waals surface area (Å²) in [4.78, 5) is 21.6. The lowest BCUT2D eigenvalue weighted by Gasteiger charge is -2.17. The molecule has 0 saturated carbocycles. The van der Waals surface area contributed by atoms with E-state index >= 15 is 0 Å². The van der Waals surface area contributed by atoms with Crippen LogP contribution in [0.15, 0.2) is 66.9 Å². The van der Waals surface area contributed by atoms with Crippen LogP contribution in [0, 0.1) is 6.92 Å². The van der Waals surface area contributed by atoms with Crippen LogP contribution in [0.5, 0.6) is 0 Å². The fourth-order valence-electron chi connectivity index (χ4n) is 3.82. The van der Waals surface area contributed by atoms with Crippen molar-refractivity contribution in [2.75, 3.05) is 11.1 Å². The maximum atomic E-state index is 12.5. The Morgan fingerprint density at radius 2 is 1.91 bits per heavy atom. The molecule has 0 radical (unpaired) electrons. The Labute approximate surface area is 193 Å². The number of hydrogen-bond donors (Lipinski definition) is 3. The number of aromatic nitrogens is 2. The number of pyridine rings is 2. The maximum Gasteiger partial charge on any atom is 0.165 e. The molecular weight excluding hydrogens is 412 g/mol. The average Bonchev–Trinajstić information content (AvgIpc) is 2.77. The fraction of sp³-hybridized carbons (Fsp3) is 0.222.